The molecule has 1 aliphatic carbocycles. The van der Waals surface area contributed by atoms with Gasteiger partial charge in [-0.3, -0.25) is 4.79 Å². The van der Waals surface area contributed by atoms with E-state index in [1.807, 2.05) is 47.4 Å². The standard InChI is InChI=1S/C18H16N2O2/c21-17-16-13-6-8-14(10-13)19(16)18(22)20(17)15-7-5-11-3-1-2-4-12(11)9-15/h1-5,7,9,13-14,16H,6,8,10H2/t13-,14+,16-/m1/s1. The van der Waals surface area contributed by atoms with Gasteiger partial charge in [0, 0.05) is 6.04 Å². The maximum Gasteiger partial charge on any atom is 0.332 e. The molecule has 3 aliphatic rings. The predicted molar refractivity (Wildman–Crippen MR) is 83.6 cm³/mol. The zero-order chi connectivity index (χ0) is 14.8. The van der Waals surface area contributed by atoms with Gasteiger partial charge in [0.1, 0.15) is 6.04 Å². The van der Waals surface area contributed by atoms with Crippen LogP contribution in [0.4, 0.5) is 10.5 Å². The lowest BCUT2D eigenvalue weighted by Gasteiger charge is -2.25. The van der Waals surface area contributed by atoms with Crippen LogP contribution in [0.1, 0.15) is 19.3 Å². The van der Waals surface area contributed by atoms with Crippen LogP contribution in [0.25, 0.3) is 10.8 Å². The summed E-state index contributed by atoms with van der Waals surface area (Å²) >= 11 is 0. The second kappa shape index (κ2) is 4.09. The molecule has 3 fully saturated rings. The fraction of sp³-hybridized carbons (Fsp3) is 0.333. The summed E-state index contributed by atoms with van der Waals surface area (Å²) in [6.45, 7) is 0. The molecule has 2 saturated heterocycles. The molecule has 0 N–H and O–H groups in total. The van der Waals surface area contributed by atoms with E-state index < -0.39 is 0 Å². The smallest absolute Gasteiger partial charge is 0.309 e. The molecule has 2 heterocycles. The Morgan fingerprint density at radius 3 is 2.59 bits per heavy atom. The highest BCUT2D eigenvalue weighted by molar-refractivity contribution is 6.22. The molecule has 0 spiro atoms. The van der Waals surface area contributed by atoms with Gasteiger partial charge in [-0.05, 0) is 48.1 Å². The number of amides is 3. The van der Waals surface area contributed by atoms with Gasteiger partial charge < -0.3 is 4.90 Å². The summed E-state index contributed by atoms with van der Waals surface area (Å²) < 4.78 is 0. The van der Waals surface area contributed by atoms with E-state index in [1.165, 1.54) is 4.90 Å². The van der Waals surface area contributed by atoms with E-state index in [2.05, 4.69) is 0 Å². The van der Waals surface area contributed by atoms with Gasteiger partial charge in [-0.2, -0.15) is 0 Å². The van der Waals surface area contributed by atoms with Crippen molar-refractivity contribution in [3.63, 3.8) is 0 Å². The van der Waals surface area contributed by atoms with Crippen molar-refractivity contribution >= 4 is 28.4 Å². The highest BCUT2D eigenvalue weighted by atomic mass is 16.2. The summed E-state index contributed by atoms with van der Waals surface area (Å²) in [5.41, 5.74) is 0.697. The Morgan fingerprint density at radius 2 is 1.77 bits per heavy atom. The Kier molecular flexibility index (Phi) is 2.27. The molecule has 5 rings (SSSR count). The first kappa shape index (κ1) is 12.2. The lowest BCUT2D eigenvalue weighted by Crippen LogP contribution is -2.40. The molecule has 2 bridgehead atoms. The number of fused-ring (bicyclic) bond motifs is 6. The van der Waals surface area contributed by atoms with Crippen molar-refractivity contribution in [3.8, 4) is 0 Å². The van der Waals surface area contributed by atoms with E-state index >= 15 is 0 Å². The molecule has 22 heavy (non-hydrogen) atoms. The largest absolute Gasteiger partial charge is 0.332 e. The number of anilines is 1. The number of hydrogen-bond acceptors (Lipinski definition) is 2. The monoisotopic (exact) mass is 292 g/mol. The second-order valence-electron chi connectivity index (χ2n) is 6.57. The van der Waals surface area contributed by atoms with Crippen LogP contribution in [0.2, 0.25) is 0 Å². The maximum absolute atomic E-state index is 12.8. The Bertz CT molecular complexity index is 788. The number of carbonyl (C=O) groups is 2. The van der Waals surface area contributed by atoms with Gasteiger partial charge in [0.05, 0.1) is 5.69 Å². The van der Waals surface area contributed by atoms with Gasteiger partial charge in [0.15, 0.2) is 0 Å². The first-order chi connectivity index (χ1) is 10.7. The maximum atomic E-state index is 12.8. The normalized spacial score (nSPS) is 29.7. The topological polar surface area (TPSA) is 40.6 Å². The molecule has 2 aromatic carbocycles. The van der Waals surface area contributed by atoms with Crippen molar-refractivity contribution in [3.05, 3.63) is 42.5 Å². The average Bonchev–Trinajstić information content (AvgIpc) is 3.21. The minimum absolute atomic E-state index is 0.0347. The first-order valence-corrected chi connectivity index (χ1v) is 7.89. The molecule has 4 nitrogen and oxygen atoms in total. The SMILES string of the molecule is O=C1[C@H]2[C@@H]3CC[C@@H](C3)N2C(=O)N1c1ccc2ccccc2c1. The van der Waals surface area contributed by atoms with Crippen molar-refractivity contribution in [2.75, 3.05) is 4.90 Å². The van der Waals surface area contributed by atoms with Crippen molar-refractivity contribution in [2.24, 2.45) is 5.92 Å². The van der Waals surface area contributed by atoms with Crippen molar-refractivity contribution in [1.29, 1.82) is 0 Å². The first-order valence-electron chi connectivity index (χ1n) is 7.89. The summed E-state index contributed by atoms with van der Waals surface area (Å²) in [5, 5.41) is 2.17. The minimum Gasteiger partial charge on any atom is -0.309 e. The molecule has 4 heteroatoms. The van der Waals surface area contributed by atoms with Crippen LogP contribution >= 0.6 is 0 Å². The van der Waals surface area contributed by atoms with Gasteiger partial charge in [0.25, 0.3) is 5.91 Å². The van der Waals surface area contributed by atoms with E-state index in [-0.39, 0.29) is 24.0 Å². The summed E-state index contributed by atoms with van der Waals surface area (Å²) in [5.74, 6) is 0.333. The van der Waals surface area contributed by atoms with Crippen molar-refractivity contribution in [1.82, 2.24) is 4.90 Å². The van der Waals surface area contributed by atoms with Crippen molar-refractivity contribution in [2.45, 2.75) is 31.3 Å². The highest BCUT2D eigenvalue weighted by Crippen LogP contribution is 2.47. The van der Waals surface area contributed by atoms with Gasteiger partial charge >= 0.3 is 6.03 Å². The van der Waals surface area contributed by atoms with E-state index in [4.69, 9.17) is 0 Å². The van der Waals surface area contributed by atoms with Crippen LogP contribution in [0.15, 0.2) is 42.5 Å². The third kappa shape index (κ3) is 1.42. The number of rotatable bonds is 1. The minimum atomic E-state index is -0.210. The number of carbonyl (C=O) groups excluding carboxylic acids is 2. The molecule has 3 atom stereocenters. The number of benzene rings is 2. The van der Waals surface area contributed by atoms with Crippen LogP contribution in [-0.4, -0.2) is 28.9 Å². The molecule has 3 amide bonds. The Morgan fingerprint density at radius 1 is 0.955 bits per heavy atom. The Labute approximate surface area is 128 Å². The molecule has 0 unspecified atom stereocenters. The van der Waals surface area contributed by atoms with Crippen molar-refractivity contribution < 1.29 is 9.59 Å². The Hall–Kier alpha value is -2.36. The van der Waals surface area contributed by atoms with Gasteiger partial charge in [-0.25, -0.2) is 9.69 Å². The van der Waals surface area contributed by atoms with E-state index in [0.717, 1.165) is 30.0 Å². The highest BCUT2D eigenvalue weighted by Gasteiger charge is 2.59. The predicted octanol–water partition coefficient (Wildman–Crippen LogP) is 3.16. The van der Waals surface area contributed by atoms with E-state index in [9.17, 15) is 9.59 Å². The van der Waals surface area contributed by atoms with Gasteiger partial charge in [-0.15, -0.1) is 0 Å². The summed E-state index contributed by atoms with van der Waals surface area (Å²) in [6, 6.07) is 13.7. The number of nitrogens with zero attached hydrogens (tertiary/aromatic N) is 2. The molecule has 2 aliphatic heterocycles. The average molecular weight is 292 g/mol. The van der Waals surface area contributed by atoms with Gasteiger partial charge in [0.2, 0.25) is 0 Å². The third-order valence-corrected chi connectivity index (χ3v) is 5.46. The molecular formula is C18H16N2O2. The number of hydrogen-bond donors (Lipinski definition) is 0. The summed E-state index contributed by atoms with van der Waals surface area (Å²) in [4.78, 5) is 28.8. The lowest BCUT2D eigenvalue weighted by molar-refractivity contribution is -0.120. The summed E-state index contributed by atoms with van der Waals surface area (Å²) in [6.07, 6.45) is 3.13. The molecule has 110 valence electrons. The number of urea groups is 1. The lowest BCUT2D eigenvalue weighted by atomic mass is 9.99. The van der Waals surface area contributed by atoms with Crippen LogP contribution in [0.5, 0.6) is 0 Å². The molecule has 0 radical (unpaired) electrons. The van der Waals surface area contributed by atoms with E-state index in [1.54, 1.807) is 0 Å². The van der Waals surface area contributed by atoms with E-state index in [0.29, 0.717) is 11.6 Å². The quantitative estimate of drug-likeness (QED) is 0.758. The molecule has 2 aromatic rings. The zero-order valence-corrected chi connectivity index (χ0v) is 12.1. The molecule has 1 saturated carbocycles. The molecule has 0 aromatic heterocycles. The number of piperidine rings is 1. The number of imide groups is 1. The fourth-order valence-electron chi connectivity index (χ4n) is 4.48. The second-order valence-corrected chi connectivity index (χ2v) is 6.57. The Balaban J connectivity index is 1.59. The van der Waals surface area contributed by atoms with Crippen LogP contribution in [0.3, 0.4) is 0 Å². The molecular weight excluding hydrogens is 276 g/mol. The van der Waals surface area contributed by atoms with Crippen LogP contribution in [0, 0.1) is 5.92 Å². The third-order valence-electron chi connectivity index (χ3n) is 5.46. The van der Waals surface area contributed by atoms with Crippen LogP contribution in [-0.2, 0) is 4.79 Å². The fourth-order valence-corrected chi connectivity index (χ4v) is 4.48. The van der Waals surface area contributed by atoms with Crippen LogP contribution < -0.4 is 4.90 Å². The zero-order valence-electron chi connectivity index (χ0n) is 12.1. The summed E-state index contributed by atoms with van der Waals surface area (Å²) in [7, 11) is 0. The van der Waals surface area contributed by atoms with Gasteiger partial charge in [-0.1, -0.05) is 30.3 Å².